The minimum atomic E-state index is -0.810. The van der Waals surface area contributed by atoms with Gasteiger partial charge in [0.2, 0.25) is 5.91 Å². The van der Waals surface area contributed by atoms with E-state index in [-0.39, 0.29) is 18.2 Å². The van der Waals surface area contributed by atoms with E-state index in [0.717, 1.165) is 17.9 Å². The largest absolute Gasteiger partial charge is 0.481 e. The zero-order chi connectivity index (χ0) is 10.4. The lowest BCUT2D eigenvalue weighted by molar-refractivity contribution is -0.137. The molecule has 1 atom stereocenters. The van der Waals surface area contributed by atoms with Gasteiger partial charge in [-0.15, -0.1) is 0 Å². The summed E-state index contributed by atoms with van der Waals surface area (Å²) in [7, 11) is 0. The number of carboxylic acids is 1. The fourth-order valence-corrected chi connectivity index (χ4v) is 2.56. The van der Waals surface area contributed by atoms with Gasteiger partial charge in [0, 0.05) is 24.6 Å². The third-order valence-electron chi connectivity index (χ3n) is 2.17. The first kappa shape index (κ1) is 11.4. The van der Waals surface area contributed by atoms with Crippen molar-refractivity contribution in [3.63, 3.8) is 0 Å². The van der Waals surface area contributed by atoms with E-state index in [0.29, 0.717) is 13.0 Å². The van der Waals surface area contributed by atoms with E-state index in [2.05, 4.69) is 5.32 Å². The van der Waals surface area contributed by atoms with E-state index in [9.17, 15) is 9.59 Å². The van der Waals surface area contributed by atoms with Gasteiger partial charge in [-0.3, -0.25) is 9.59 Å². The number of rotatable bonds is 5. The second-order valence-corrected chi connectivity index (χ2v) is 4.50. The molecule has 1 amide bonds. The van der Waals surface area contributed by atoms with Crippen molar-refractivity contribution in [3.8, 4) is 0 Å². The Hall–Kier alpha value is -0.710. The zero-order valence-electron chi connectivity index (χ0n) is 7.99. The van der Waals surface area contributed by atoms with Gasteiger partial charge in [0.05, 0.1) is 0 Å². The van der Waals surface area contributed by atoms with Crippen molar-refractivity contribution < 1.29 is 14.7 Å². The number of hydrogen-bond donors (Lipinski definition) is 2. The predicted molar refractivity (Wildman–Crippen MR) is 55.3 cm³/mol. The third kappa shape index (κ3) is 4.00. The topological polar surface area (TPSA) is 66.4 Å². The molecule has 14 heavy (non-hydrogen) atoms. The van der Waals surface area contributed by atoms with Crippen molar-refractivity contribution in [2.75, 3.05) is 18.1 Å². The molecule has 0 aromatic carbocycles. The maximum Gasteiger partial charge on any atom is 0.303 e. The first-order chi connectivity index (χ1) is 6.70. The summed E-state index contributed by atoms with van der Waals surface area (Å²) in [5.74, 6) is 1.39. The maximum atomic E-state index is 11.4. The van der Waals surface area contributed by atoms with E-state index in [1.165, 1.54) is 0 Å². The summed E-state index contributed by atoms with van der Waals surface area (Å²) in [6.45, 7) is 0.478. The van der Waals surface area contributed by atoms with E-state index in [4.69, 9.17) is 5.11 Å². The molecule has 1 unspecified atom stereocenters. The van der Waals surface area contributed by atoms with Crippen molar-refractivity contribution in [1.29, 1.82) is 0 Å². The monoisotopic (exact) mass is 217 g/mol. The molecule has 0 aliphatic carbocycles. The highest BCUT2D eigenvalue weighted by molar-refractivity contribution is 7.99. The van der Waals surface area contributed by atoms with Gasteiger partial charge in [0.1, 0.15) is 0 Å². The number of thioether (sulfide) groups is 1. The van der Waals surface area contributed by atoms with E-state index >= 15 is 0 Å². The SMILES string of the molecule is O=C(O)CCCNC(=O)C1CCSC1. The maximum absolute atomic E-state index is 11.4. The molecule has 0 radical (unpaired) electrons. The lowest BCUT2D eigenvalue weighted by Crippen LogP contribution is -2.31. The normalized spacial score (nSPS) is 20.7. The quantitative estimate of drug-likeness (QED) is 0.666. The fourth-order valence-electron chi connectivity index (χ4n) is 1.34. The Morgan fingerprint density at radius 1 is 1.50 bits per heavy atom. The summed E-state index contributed by atoms with van der Waals surface area (Å²) in [5.41, 5.74) is 0. The van der Waals surface area contributed by atoms with Crippen LogP contribution in [0.5, 0.6) is 0 Å². The Labute approximate surface area is 87.4 Å². The second-order valence-electron chi connectivity index (χ2n) is 3.35. The van der Waals surface area contributed by atoms with Gasteiger partial charge >= 0.3 is 5.97 Å². The first-order valence-corrected chi connectivity index (χ1v) is 5.93. The number of aliphatic carboxylic acids is 1. The number of amides is 1. The molecule has 1 aliphatic heterocycles. The van der Waals surface area contributed by atoms with Gasteiger partial charge in [-0.2, -0.15) is 11.8 Å². The van der Waals surface area contributed by atoms with Gasteiger partial charge in [-0.1, -0.05) is 0 Å². The molecule has 1 heterocycles. The first-order valence-electron chi connectivity index (χ1n) is 4.77. The number of carboxylic acid groups (broad SMARTS) is 1. The Kier molecular flexibility index (Phi) is 4.79. The van der Waals surface area contributed by atoms with Gasteiger partial charge < -0.3 is 10.4 Å². The predicted octanol–water partition coefficient (Wildman–Crippen LogP) is 0.721. The van der Waals surface area contributed by atoms with Crippen LogP contribution in [0.4, 0.5) is 0 Å². The van der Waals surface area contributed by atoms with Crippen LogP contribution in [-0.2, 0) is 9.59 Å². The highest BCUT2D eigenvalue weighted by atomic mass is 32.2. The number of carbonyl (C=O) groups excluding carboxylic acids is 1. The van der Waals surface area contributed by atoms with Gasteiger partial charge in [0.25, 0.3) is 0 Å². The molecule has 1 saturated heterocycles. The van der Waals surface area contributed by atoms with Crippen LogP contribution in [0.2, 0.25) is 0 Å². The Morgan fingerprint density at radius 3 is 2.86 bits per heavy atom. The van der Waals surface area contributed by atoms with E-state index in [1.807, 2.05) is 0 Å². The summed E-state index contributed by atoms with van der Waals surface area (Å²) >= 11 is 1.80. The molecule has 5 heteroatoms. The minimum absolute atomic E-state index is 0.0837. The summed E-state index contributed by atoms with van der Waals surface area (Å²) in [4.78, 5) is 21.6. The molecule has 4 nitrogen and oxygen atoms in total. The summed E-state index contributed by atoms with van der Waals surface area (Å²) in [6, 6.07) is 0. The average Bonchev–Trinajstić information content (AvgIpc) is 2.64. The summed E-state index contributed by atoms with van der Waals surface area (Å²) < 4.78 is 0. The molecule has 0 bridgehead atoms. The molecule has 1 rings (SSSR count). The second kappa shape index (κ2) is 5.90. The van der Waals surface area contributed by atoms with Crippen LogP contribution in [0, 0.1) is 5.92 Å². The lowest BCUT2D eigenvalue weighted by Gasteiger charge is -2.08. The lowest BCUT2D eigenvalue weighted by atomic mass is 10.1. The van der Waals surface area contributed by atoms with Crippen molar-refractivity contribution in [3.05, 3.63) is 0 Å². The Bertz CT molecular complexity index is 214. The molecule has 1 aliphatic rings. The third-order valence-corrected chi connectivity index (χ3v) is 3.33. The van der Waals surface area contributed by atoms with Crippen LogP contribution in [0.3, 0.4) is 0 Å². The van der Waals surface area contributed by atoms with Crippen LogP contribution in [0.25, 0.3) is 0 Å². The average molecular weight is 217 g/mol. The fraction of sp³-hybridized carbons (Fsp3) is 0.778. The highest BCUT2D eigenvalue weighted by Crippen LogP contribution is 2.23. The molecule has 80 valence electrons. The van der Waals surface area contributed by atoms with Gasteiger partial charge in [-0.05, 0) is 18.6 Å². The van der Waals surface area contributed by atoms with Crippen LogP contribution in [-0.4, -0.2) is 35.0 Å². The Morgan fingerprint density at radius 2 is 2.29 bits per heavy atom. The van der Waals surface area contributed by atoms with Crippen LogP contribution in [0.15, 0.2) is 0 Å². The standard InChI is InChI=1S/C9H15NO3S/c11-8(12)2-1-4-10-9(13)7-3-5-14-6-7/h7H,1-6H2,(H,10,13)(H,11,12). The number of carbonyl (C=O) groups is 2. The van der Waals surface area contributed by atoms with E-state index < -0.39 is 5.97 Å². The van der Waals surface area contributed by atoms with Gasteiger partial charge in [0.15, 0.2) is 0 Å². The molecular weight excluding hydrogens is 202 g/mol. The van der Waals surface area contributed by atoms with Crippen LogP contribution in [0.1, 0.15) is 19.3 Å². The Balaban J connectivity index is 2.05. The minimum Gasteiger partial charge on any atom is -0.481 e. The molecule has 0 spiro atoms. The van der Waals surface area contributed by atoms with Crippen molar-refractivity contribution >= 4 is 23.6 Å². The number of nitrogens with one attached hydrogen (secondary N) is 1. The summed E-state index contributed by atoms with van der Waals surface area (Å²) in [6.07, 6.45) is 1.59. The molecule has 0 saturated carbocycles. The van der Waals surface area contributed by atoms with Crippen molar-refractivity contribution in [1.82, 2.24) is 5.32 Å². The van der Waals surface area contributed by atoms with Gasteiger partial charge in [-0.25, -0.2) is 0 Å². The summed E-state index contributed by atoms with van der Waals surface area (Å²) in [5, 5.41) is 11.1. The molecule has 1 fully saturated rings. The molecule has 2 N–H and O–H groups in total. The van der Waals surface area contributed by atoms with Crippen molar-refractivity contribution in [2.45, 2.75) is 19.3 Å². The van der Waals surface area contributed by atoms with E-state index in [1.54, 1.807) is 11.8 Å². The highest BCUT2D eigenvalue weighted by Gasteiger charge is 2.22. The molecule has 0 aromatic rings. The van der Waals surface area contributed by atoms with Crippen molar-refractivity contribution in [2.24, 2.45) is 5.92 Å². The molecular formula is C9H15NO3S. The van der Waals surface area contributed by atoms with Crippen LogP contribution < -0.4 is 5.32 Å². The van der Waals surface area contributed by atoms with Crippen LogP contribution >= 0.6 is 11.8 Å². The molecule has 0 aromatic heterocycles. The smallest absolute Gasteiger partial charge is 0.303 e. The zero-order valence-corrected chi connectivity index (χ0v) is 8.81. The number of hydrogen-bond acceptors (Lipinski definition) is 3.